The van der Waals surface area contributed by atoms with Crippen molar-refractivity contribution in [3.63, 3.8) is 0 Å². The first-order chi connectivity index (χ1) is 14.5. The predicted molar refractivity (Wildman–Crippen MR) is 129 cm³/mol. The summed E-state index contributed by atoms with van der Waals surface area (Å²) >= 11 is 2.62. The van der Waals surface area contributed by atoms with E-state index in [0.717, 1.165) is 16.8 Å². The third-order valence-electron chi connectivity index (χ3n) is 3.72. The van der Waals surface area contributed by atoms with Crippen molar-refractivity contribution in [1.29, 1.82) is 0 Å². The summed E-state index contributed by atoms with van der Waals surface area (Å²) in [6.07, 6.45) is 1.06. The molecule has 1 aromatic carbocycles. The molecule has 11 heteroatoms. The SMILES string of the molecule is C=CSC(=NCc1sc(NC(C)=O)nc1C)Nc1cc(S(C)(=O)=O)ccc1OC(C)C. The number of nitrogens with one attached hydrogen (secondary N) is 2. The number of thioether (sulfide) groups is 1. The van der Waals surface area contributed by atoms with Crippen LogP contribution in [0.1, 0.15) is 31.3 Å². The van der Waals surface area contributed by atoms with E-state index in [4.69, 9.17) is 4.74 Å². The Morgan fingerprint density at radius 2 is 2.10 bits per heavy atom. The number of aromatic nitrogens is 1. The normalized spacial score (nSPS) is 12.0. The molecule has 2 N–H and O–H groups in total. The van der Waals surface area contributed by atoms with Gasteiger partial charge in [0.1, 0.15) is 5.75 Å². The smallest absolute Gasteiger partial charge is 0.223 e. The molecule has 0 radical (unpaired) electrons. The van der Waals surface area contributed by atoms with Crippen molar-refractivity contribution in [1.82, 2.24) is 4.98 Å². The second-order valence-corrected chi connectivity index (χ2v) is 10.9. The number of ether oxygens (including phenoxy) is 1. The Kier molecular flexibility index (Phi) is 8.66. The second-order valence-electron chi connectivity index (χ2n) is 6.84. The van der Waals surface area contributed by atoms with Crippen molar-refractivity contribution in [2.75, 3.05) is 16.9 Å². The van der Waals surface area contributed by atoms with E-state index in [-0.39, 0.29) is 16.9 Å². The molecule has 8 nitrogen and oxygen atoms in total. The van der Waals surface area contributed by atoms with Gasteiger partial charge in [-0.25, -0.2) is 13.4 Å². The number of carbonyl (C=O) groups is 1. The van der Waals surface area contributed by atoms with Crippen LogP contribution >= 0.6 is 23.1 Å². The summed E-state index contributed by atoms with van der Waals surface area (Å²) in [5, 5.41) is 8.50. The number of rotatable bonds is 8. The number of carbonyl (C=O) groups excluding carboxylic acids is 1. The van der Waals surface area contributed by atoms with Crippen LogP contribution in [0.2, 0.25) is 0 Å². The fourth-order valence-electron chi connectivity index (χ4n) is 2.42. The van der Waals surface area contributed by atoms with Gasteiger partial charge in [0.15, 0.2) is 20.1 Å². The van der Waals surface area contributed by atoms with Gasteiger partial charge >= 0.3 is 0 Å². The highest BCUT2D eigenvalue weighted by Crippen LogP contribution is 2.30. The van der Waals surface area contributed by atoms with Gasteiger partial charge in [-0.3, -0.25) is 9.79 Å². The first-order valence-electron chi connectivity index (χ1n) is 9.33. The number of amidine groups is 1. The Bertz CT molecular complexity index is 1090. The summed E-state index contributed by atoms with van der Waals surface area (Å²) < 4.78 is 29.8. The molecular formula is C20H26N4O4S3. The van der Waals surface area contributed by atoms with Gasteiger partial charge in [-0.05, 0) is 44.4 Å². The fraction of sp³-hybridized carbons (Fsp3) is 0.350. The summed E-state index contributed by atoms with van der Waals surface area (Å²) in [7, 11) is -3.39. The number of hydrogen-bond acceptors (Lipinski definition) is 8. The van der Waals surface area contributed by atoms with Gasteiger partial charge in [0.2, 0.25) is 5.91 Å². The summed E-state index contributed by atoms with van der Waals surface area (Å²) in [5.74, 6) is 0.332. The number of amides is 1. The monoisotopic (exact) mass is 482 g/mol. The van der Waals surface area contributed by atoms with Crippen molar-refractivity contribution in [2.45, 2.75) is 45.2 Å². The number of sulfone groups is 1. The standard InChI is InChI=1S/C20H26N4O4S3/c1-7-29-19(21-11-18-13(4)22-20(30-18)23-14(5)25)24-16-10-15(31(6,26)27)8-9-17(16)28-12(2)3/h7-10,12H,1,11H2,2-6H3,(H,21,24)(H,22,23,25). The lowest BCUT2D eigenvalue weighted by Crippen LogP contribution is -2.13. The zero-order valence-electron chi connectivity index (χ0n) is 18.1. The minimum Gasteiger partial charge on any atom is -0.489 e. The largest absolute Gasteiger partial charge is 0.489 e. The van der Waals surface area contributed by atoms with Crippen LogP contribution < -0.4 is 15.4 Å². The van der Waals surface area contributed by atoms with Crippen molar-refractivity contribution in [3.05, 3.63) is 40.8 Å². The van der Waals surface area contributed by atoms with E-state index in [0.29, 0.717) is 28.3 Å². The molecule has 0 unspecified atom stereocenters. The number of benzene rings is 1. The molecule has 1 heterocycles. The van der Waals surface area contributed by atoms with Crippen LogP contribution in [0.4, 0.5) is 10.8 Å². The van der Waals surface area contributed by atoms with E-state index < -0.39 is 9.84 Å². The van der Waals surface area contributed by atoms with Crippen LogP contribution in [-0.2, 0) is 21.2 Å². The molecule has 0 aliphatic heterocycles. The molecule has 0 atom stereocenters. The molecule has 0 aliphatic rings. The summed E-state index contributed by atoms with van der Waals surface area (Å²) in [6, 6.07) is 4.67. The topological polar surface area (TPSA) is 110 Å². The molecule has 0 aliphatic carbocycles. The fourth-order valence-corrected chi connectivity index (χ4v) is 4.46. The van der Waals surface area contributed by atoms with Gasteiger partial charge in [-0.2, -0.15) is 0 Å². The zero-order valence-corrected chi connectivity index (χ0v) is 20.5. The lowest BCUT2D eigenvalue weighted by molar-refractivity contribution is -0.114. The minimum absolute atomic E-state index is 0.0934. The number of hydrogen-bond donors (Lipinski definition) is 2. The average molecular weight is 483 g/mol. The summed E-state index contributed by atoms with van der Waals surface area (Å²) in [6.45, 7) is 11.1. The summed E-state index contributed by atoms with van der Waals surface area (Å²) in [4.78, 5) is 21.2. The molecule has 1 amide bonds. The Hall–Kier alpha value is -2.37. The van der Waals surface area contributed by atoms with E-state index >= 15 is 0 Å². The third-order valence-corrected chi connectivity index (χ3v) is 6.51. The number of aryl methyl sites for hydroxylation is 1. The highest BCUT2D eigenvalue weighted by atomic mass is 32.2. The first-order valence-corrected chi connectivity index (χ1v) is 12.9. The van der Waals surface area contributed by atoms with Crippen LogP contribution in [0.3, 0.4) is 0 Å². The Morgan fingerprint density at radius 3 is 2.68 bits per heavy atom. The van der Waals surface area contributed by atoms with Gasteiger partial charge in [0, 0.05) is 13.2 Å². The molecule has 1 aromatic heterocycles. The van der Waals surface area contributed by atoms with Crippen LogP contribution in [0.15, 0.2) is 40.1 Å². The average Bonchev–Trinajstić information content (AvgIpc) is 2.98. The molecule has 2 aromatic rings. The molecule has 31 heavy (non-hydrogen) atoms. The lowest BCUT2D eigenvalue weighted by Gasteiger charge is -2.17. The van der Waals surface area contributed by atoms with Crippen LogP contribution in [0.25, 0.3) is 0 Å². The van der Waals surface area contributed by atoms with E-state index in [1.807, 2.05) is 20.8 Å². The molecular weight excluding hydrogens is 456 g/mol. The van der Waals surface area contributed by atoms with Crippen LogP contribution in [0.5, 0.6) is 5.75 Å². The highest BCUT2D eigenvalue weighted by molar-refractivity contribution is 8.16. The van der Waals surface area contributed by atoms with Gasteiger partial charge in [0.25, 0.3) is 0 Å². The first kappa shape index (κ1) is 24.9. The molecule has 0 fully saturated rings. The maximum absolute atomic E-state index is 12.0. The van der Waals surface area contributed by atoms with Gasteiger partial charge in [0.05, 0.1) is 33.8 Å². The number of aliphatic imine (C=N–C) groups is 1. The van der Waals surface area contributed by atoms with Gasteiger partial charge < -0.3 is 15.4 Å². The number of nitrogens with zero attached hydrogens (tertiary/aromatic N) is 2. The zero-order chi connectivity index (χ0) is 23.2. The van der Waals surface area contributed by atoms with E-state index in [1.165, 1.54) is 42.2 Å². The Labute approximate surface area is 191 Å². The van der Waals surface area contributed by atoms with Crippen molar-refractivity contribution < 1.29 is 17.9 Å². The van der Waals surface area contributed by atoms with Gasteiger partial charge in [-0.15, -0.1) is 0 Å². The molecule has 0 saturated carbocycles. The maximum Gasteiger partial charge on any atom is 0.223 e. The van der Waals surface area contributed by atoms with Crippen molar-refractivity contribution >= 4 is 54.8 Å². The van der Waals surface area contributed by atoms with E-state index in [2.05, 4.69) is 27.2 Å². The molecule has 0 saturated heterocycles. The molecule has 168 valence electrons. The van der Waals surface area contributed by atoms with Crippen molar-refractivity contribution in [2.24, 2.45) is 4.99 Å². The van der Waals surface area contributed by atoms with Crippen LogP contribution in [-0.4, -0.2) is 36.8 Å². The van der Waals surface area contributed by atoms with E-state index in [1.54, 1.807) is 11.5 Å². The molecule has 0 spiro atoms. The summed E-state index contributed by atoms with van der Waals surface area (Å²) in [5.41, 5.74) is 1.27. The Morgan fingerprint density at radius 1 is 1.39 bits per heavy atom. The quantitative estimate of drug-likeness (QED) is 0.423. The third kappa shape index (κ3) is 7.67. The van der Waals surface area contributed by atoms with E-state index in [9.17, 15) is 13.2 Å². The van der Waals surface area contributed by atoms with Crippen LogP contribution in [0, 0.1) is 6.92 Å². The number of anilines is 2. The second kappa shape index (κ2) is 10.8. The predicted octanol–water partition coefficient (Wildman–Crippen LogP) is 4.45. The molecule has 2 rings (SSSR count). The lowest BCUT2D eigenvalue weighted by atomic mass is 10.3. The molecule has 0 bridgehead atoms. The maximum atomic E-state index is 12.0. The van der Waals surface area contributed by atoms with Crippen molar-refractivity contribution in [3.8, 4) is 5.75 Å². The number of thiazole rings is 1. The minimum atomic E-state index is -3.39. The Balaban J connectivity index is 2.34. The van der Waals surface area contributed by atoms with Gasteiger partial charge in [-0.1, -0.05) is 29.7 Å². The highest BCUT2D eigenvalue weighted by Gasteiger charge is 2.15.